The molecule has 1 aliphatic rings. The molecule has 0 saturated carbocycles. The summed E-state index contributed by atoms with van der Waals surface area (Å²) in [6, 6.07) is 0. The van der Waals surface area contributed by atoms with Crippen LogP contribution in [0.4, 0.5) is 0 Å². The molecule has 0 amide bonds. The van der Waals surface area contributed by atoms with Crippen LogP contribution in [0.25, 0.3) is 0 Å². The van der Waals surface area contributed by atoms with Gasteiger partial charge in [-0.05, 0) is 0 Å². The molecule has 6 heteroatoms. The molecule has 0 saturated heterocycles. The van der Waals surface area contributed by atoms with Crippen LogP contribution < -0.4 is 24.8 Å². The maximum absolute atomic E-state index is 2.97. The average molecular weight is 431 g/mol. The van der Waals surface area contributed by atoms with E-state index >= 15 is 0 Å². The van der Waals surface area contributed by atoms with Crippen LogP contribution in [-0.2, 0) is 20.4 Å². The molecular formula is C14H30Cl2NSi2Zr. The zero-order valence-electron chi connectivity index (χ0n) is 14.2. The monoisotopic (exact) mass is 428 g/mol. The molecule has 0 fully saturated rings. The second kappa shape index (κ2) is 8.72. The maximum Gasteiger partial charge on any atom is -1.00 e. The first-order valence-electron chi connectivity index (χ1n) is 7.08. The Labute approximate surface area is 147 Å². The van der Waals surface area contributed by atoms with Crippen LogP contribution in [0.5, 0.6) is 0 Å². The number of halogens is 2. The molecule has 0 atom stereocenters. The minimum absolute atomic E-state index is 0. The molecule has 20 heavy (non-hydrogen) atoms. The molecule has 0 N–H and O–H groups in total. The smallest absolute Gasteiger partial charge is 1.00 e. The van der Waals surface area contributed by atoms with E-state index in [0.717, 1.165) is 0 Å². The molecule has 0 radical (unpaired) electrons. The van der Waals surface area contributed by atoms with Crippen LogP contribution in [-0.4, -0.2) is 19.5 Å². The summed E-state index contributed by atoms with van der Waals surface area (Å²) in [5.74, 6) is -0.509. The van der Waals surface area contributed by atoms with Gasteiger partial charge in [-0.2, -0.15) is 0 Å². The first-order chi connectivity index (χ1) is 8.05. The molecule has 0 aromatic heterocycles. The second-order valence-corrected chi connectivity index (χ2v) is 46.6. The van der Waals surface area contributed by atoms with Crippen LogP contribution in [0.1, 0.15) is 27.2 Å². The van der Waals surface area contributed by atoms with Gasteiger partial charge in [0, 0.05) is 0 Å². The van der Waals surface area contributed by atoms with Crippen molar-refractivity contribution in [3.63, 3.8) is 0 Å². The van der Waals surface area contributed by atoms with E-state index < -0.39 is 31.5 Å². The molecule has 0 aromatic rings. The number of hydrogen-bond donors (Lipinski definition) is 0. The third-order valence-electron chi connectivity index (χ3n) is 3.27. The first kappa shape index (κ1) is 23.4. The van der Waals surface area contributed by atoms with E-state index in [1.807, 2.05) is 0 Å². The number of allylic oxidation sites excluding steroid dienone is 3. The van der Waals surface area contributed by atoms with Gasteiger partial charge in [-0.25, -0.2) is 0 Å². The molecule has 0 aliphatic heterocycles. The summed E-state index contributed by atoms with van der Waals surface area (Å²) in [5, 5.41) is -0.974. The Bertz CT molecular complexity index is 357. The maximum atomic E-state index is 2.97. The summed E-state index contributed by atoms with van der Waals surface area (Å²) in [7, 11) is 0. The van der Waals surface area contributed by atoms with E-state index in [-0.39, 0.29) is 24.8 Å². The van der Waals surface area contributed by atoms with Crippen molar-refractivity contribution in [3.8, 4) is 0 Å². The number of nitrogens with zero attached hydrogens (tertiary/aromatic N) is 1. The van der Waals surface area contributed by atoms with Gasteiger partial charge in [-0.3, -0.25) is 0 Å². The van der Waals surface area contributed by atoms with Gasteiger partial charge in [0.25, 0.3) is 0 Å². The largest absolute Gasteiger partial charge is 1.00 e. The van der Waals surface area contributed by atoms with Gasteiger partial charge in [0.1, 0.15) is 0 Å². The van der Waals surface area contributed by atoms with Crippen molar-refractivity contribution >= 4 is 11.1 Å². The fourth-order valence-electron chi connectivity index (χ4n) is 3.01. The van der Waals surface area contributed by atoms with E-state index in [2.05, 4.69) is 74.6 Å². The van der Waals surface area contributed by atoms with Crippen molar-refractivity contribution < 1.29 is 45.2 Å². The van der Waals surface area contributed by atoms with Crippen molar-refractivity contribution in [3.05, 3.63) is 23.9 Å². The molecule has 0 bridgehead atoms. The van der Waals surface area contributed by atoms with E-state index in [9.17, 15) is 0 Å². The van der Waals surface area contributed by atoms with Gasteiger partial charge in [-0.15, -0.1) is 0 Å². The molecule has 1 rings (SSSR count). The third kappa shape index (κ3) is 6.12. The van der Waals surface area contributed by atoms with Crippen LogP contribution >= 0.6 is 0 Å². The molecule has 0 heterocycles. The minimum Gasteiger partial charge on any atom is -1.00 e. The van der Waals surface area contributed by atoms with Gasteiger partial charge in [0.2, 0.25) is 0 Å². The van der Waals surface area contributed by atoms with Crippen molar-refractivity contribution in [2.24, 2.45) is 0 Å². The van der Waals surface area contributed by atoms with Crippen molar-refractivity contribution in [1.82, 2.24) is 2.84 Å². The number of rotatable bonds is 4. The van der Waals surface area contributed by atoms with Crippen molar-refractivity contribution in [1.29, 1.82) is 0 Å². The minimum atomic E-state index is -1.46. The molecular weight excluding hydrogens is 400 g/mol. The fourth-order valence-corrected chi connectivity index (χ4v) is 67.2. The SMILES string of the molecule is C[SiH](C)[Zr+2]([N](C1=CC=CC1)C(C)(C)C)[Si](C)(C)C.[Cl-].[Cl-]. The van der Waals surface area contributed by atoms with Crippen LogP contribution in [0.15, 0.2) is 23.9 Å². The summed E-state index contributed by atoms with van der Waals surface area (Å²) in [4.78, 5) is 0. The van der Waals surface area contributed by atoms with Crippen molar-refractivity contribution in [2.45, 2.75) is 65.5 Å². The Balaban J connectivity index is 0. The normalized spacial score (nSPS) is 14.6. The third-order valence-corrected chi connectivity index (χ3v) is 57.3. The van der Waals surface area contributed by atoms with E-state index in [1.54, 1.807) is 5.70 Å². The molecule has 1 nitrogen and oxygen atoms in total. The molecule has 1 aliphatic carbocycles. The molecule has 0 aromatic carbocycles. The molecule has 117 valence electrons. The average Bonchev–Trinajstić information content (AvgIpc) is 2.61. The van der Waals surface area contributed by atoms with Gasteiger partial charge >= 0.3 is 124 Å². The van der Waals surface area contributed by atoms with Crippen LogP contribution in [0, 0.1) is 0 Å². The van der Waals surface area contributed by atoms with E-state index in [4.69, 9.17) is 0 Å². The Hall–Kier alpha value is 1.18. The summed E-state index contributed by atoms with van der Waals surface area (Å²) in [5.41, 5.74) is 1.95. The van der Waals surface area contributed by atoms with Gasteiger partial charge in [0.15, 0.2) is 0 Å². The second-order valence-electron chi connectivity index (χ2n) is 7.59. The van der Waals surface area contributed by atoms with Gasteiger partial charge in [-0.1, -0.05) is 0 Å². The van der Waals surface area contributed by atoms with Gasteiger partial charge in [0.05, 0.1) is 0 Å². The Morgan fingerprint density at radius 3 is 1.90 bits per heavy atom. The summed E-state index contributed by atoms with van der Waals surface area (Å²) < 4.78 is 2.97. The Morgan fingerprint density at radius 1 is 1.15 bits per heavy atom. The Kier molecular flexibility index (Phi) is 10.2. The quantitative estimate of drug-likeness (QED) is 0.480. The van der Waals surface area contributed by atoms with Gasteiger partial charge < -0.3 is 24.8 Å². The zero-order valence-corrected chi connectivity index (χ0v) is 20.3. The van der Waals surface area contributed by atoms with E-state index in [0.29, 0.717) is 5.54 Å². The van der Waals surface area contributed by atoms with Crippen LogP contribution in [0.2, 0.25) is 32.7 Å². The predicted octanol–water partition coefficient (Wildman–Crippen LogP) is -1.71. The Morgan fingerprint density at radius 2 is 1.65 bits per heavy atom. The topological polar surface area (TPSA) is 3.24 Å². The van der Waals surface area contributed by atoms with E-state index in [1.165, 1.54) is 6.42 Å². The van der Waals surface area contributed by atoms with Crippen LogP contribution in [0.3, 0.4) is 0 Å². The zero-order chi connectivity index (χ0) is 14.1. The fraction of sp³-hybridized carbons (Fsp3) is 0.714. The molecule has 0 spiro atoms. The predicted molar refractivity (Wildman–Crippen MR) is 85.7 cm³/mol. The summed E-state index contributed by atoms with van der Waals surface area (Å²) in [6.45, 7) is 20.3. The standard InChI is InChI=1S/C9H14N.C3H9Si.C2H7Si.2ClH.Zr/c1-9(2,3)10-8-6-4-5-7-8;1-4(2)3;1-3-2;;;/h4-6H,7H2,1-3H3;1-3H3;3H,1-2H3;2*1H;/q-1;;;;;+3/p-2. The summed E-state index contributed by atoms with van der Waals surface area (Å²) >= 11 is -1.46. The number of hydrogen-bond acceptors (Lipinski definition) is 1. The first-order valence-corrected chi connectivity index (χ1v) is 22.5. The molecule has 0 unspecified atom stereocenters. The summed E-state index contributed by atoms with van der Waals surface area (Å²) in [6.07, 6.45) is 8.12. The van der Waals surface area contributed by atoms with Crippen molar-refractivity contribution in [2.75, 3.05) is 0 Å².